The monoisotopic (exact) mass is 467 g/mol. The van der Waals surface area contributed by atoms with E-state index in [-0.39, 0.29) is 6.42 Å². The van der Waals surface area contributed by atoms with Crippen LogP contribution in [0.5, 0.6) is 0 Å². The van der Waals surface area contributed by atoms with Crippen LogP contribution in [0.25, 0.3) is 11.1 Å². The first kappa shape index (κ1) is 23.5. The van der Waals surface area contributed by atoms with Gasteiger partial charge in [0.2, 0.25) is 5.91 Å². The van der Waals surface area contributed by atoms with Crippen LogP contribution >= 0.6 is 23.2 Å². The summed E-state index contributed by atoms with van der Waals surface area (Å²) >= 11 is 12.1. The molecule has 3 unspecified atom stereocenters. The minimum absolute atomic E-state index is 0.112. The molecule has 0 bridgehead atoms. The van der Waals surface area contributed by atoms with Crippen molar-refractivity contribution >= 4 is 35.1 Å². The number of amides is 1. The van der Waals surface area contributed by atoms with Crippen LogP contribution in [0, 0.1) is 0 Å². The molecule has 0 spiro atoms. The van der Waals surface area contributed by atoms with Crippen molar-refractivity contribution in [1.29, 1.82) is 0 Å². The van der Waals surface area contributed by atoms with Gasteiger partial charge >= 0.3 is 5.97 Å². The Labute approximate surface area is 189 Å². The van der Waals surface area contributed by atoms with Gasteiger partial charge in [-0.2, -0.15) is 0 Å². The van der Waals surface area contributed by atoms with Gasteiger partial charge in [-0.15, -0.1) is 0 Å². The number of carbonyl (C=O) groups is 2. The number of halogens is 2. The van der Waals surface area contributed by atoms with Crippen molar-refractivity contribution in [3.8, 4) is 11.1 Å². The summed E-state index contributed by atoms with van der Waals surface area (Å²) in [4.78, 5) is 23.6. The van der Waals surface area contributed by atoms with E-state index < -0.39 is 36.2 Å². The first-order valence-corrected chi connectivity index (χ1v) is 10.6. The molecule has 31 heavy (non-hydrogen) atoms. The average molecular weight is 468 g/mol. The predicted molar refractivity (Wildman–Crippen MR) is 116 cm³/mol. The van der Waals surface area contributed by atoms with Crippen LogP contribution in [0.3, 0.4) is 0 Å². The third-order valence-electron chi connectivity index (χ3n) is 5.14. The second-order valence-electron chi connectivity index (χ2n) is 7.45. The second-order valence-corrected chi connectivity index (χ2v) is 8.32. The number of nitrogens with one attached hydrogen (secondary N) is 1. The van der Waals surface area contributed by atoms with Crippen LogP contribution in [-0.4, -0.2) is 58.2 Å². The number of rotatable bonds is 8. The van der Waals surface area contributed by atoms with Gasteiger partial charge in [0, 0.05) is 16.7 Å². The Morgan fingerprint density at radius 2 is 1.71 bits per heavy atom. The smallest absolute Gasteiger partial charge is 0.335 e. The summed E-state index contributed by atoms with van der Waals surface area (Å²) in [6.07, 6.45) is -2.98. The molecular weight excluding hydrogens is 445 g/mol. The maximum absolute atomic E-state index is 12.4. The van der Waals surface area contributed by atoms with E-state index in [1.165, 1.54) is 0 Å². The molecule has 3 rings (SSSR count). The fourth-order valence-electron chi connectivity index (χ4n) is 3.49. The minimum Gasteiger partial charge on any atom is -0.479 e. The molecule has 0 aliphatic carbocycles. The van der Waals surface area contributed by atoms with Gasteiger partial charge in [-0.3, -0.25) is 4.79 Å². The molecule has 1 aliphatic heterocycles. The molecule has 166 valence electrons. The zero-order valence-electron chi connectivity index (χ0n) is 16.5. The first-order valence-electron chi connectivity index (χ1n) is 9.81. The SMILES string of the molecule is O=C(O)C(O)C(O)C(Cc1ccc(-c2cc(Cl)cc(Cl)c2)cc1)NC(=O)[C@H]1CCCO1. The van der Waals surface area contributed by atoms with Crippen LogP contribution in [0.2, 0.25) is 10.0 Å². The lowest BCUT2D eigenvalue weighted by Crippen LogP contribution is -2.53. The van der Waals surface area contributed by atoms with Crippen LogP contribution in [0.15, 0.2) is 42.5 Å². The van der Waals surface area contributed by atoms with Crippen LogP contribution in [0.4, 0.5) is 0 Å². The Hall–Kier alpha value is -2.16. The summed E-state index contributed by atoms with van der Waals surface area (Å²) in [5.74, 6) is -2.01. The highest BCUT2D eigenvalue weighted by Gasteiger charge is 2.34. The van der Waals surface area contributed by atoms with Crippen molar-refractivity contribution in [3.63, 3.8) is 0 Å². The standard InChI is InChI=1S/C22H23Cl2NO6/c23-15-9-14(10-16(24)11-15)13-5-3-12(4-6-13)8-17(19(26)20(27)22(29)30)25-21(28)18-2-1-7-31-18/h3-6,9-11,17-20,26-27H,1-2,7-8H2,(H,25,28)(H,29,30)/t17?,18-,19?,20?/m1/s1. The van der Waals surface area contributed by atoms with Crippen LogP contribution in [0.1, 0.15) is 18.4 Å². The van der Waals surface area contributed by atoms with E-state index in [0.717, 1.165) is 23.1 Å². The minimum atomic E-state index is -2.04. The number of aliphatic hydroxyl groups excluding tert-OH is 2. The number of carboxylic acid groups (broad SMARTS) is 1. The van der Waals surface area contributed by atoms with E-state index in [1.807, 2.05) is 12.1 Å². The van der Waals surface area contributed by atoms with Crippen molar-refractivity contribution in [3.05, 3.63) is 58.1 Å². The summed E-state index contributed by atoms with van der Waals surface area (Å²) in [6, 6.07) is 11.4. The maximum Gasteiger partial charge on any atom is 0.335 e. The second kappa shape index (κ2) is 10.4. The number of carboxylic acids is 1. The third kappa shape index (κ3) is 6.18. The first-order chi connectivity index (χ1) is 14.7. The topological polar surface area (TPSA) is 116 Å². The van der Waals surface area contributed by atoms with Gasteiger partial charge in [-0.05, 0) is 54.2 Å². The normalized spacial score (nSPS) is 18.9. The predicted octanol–water partition coefficient (Wildman–Crippen LogP) is 2.67. The van der Waals surface area contributed by atoms with Gasteiger partial charge in [0.15, 0.2) is 6.10 Å². The molecule has 2 aromatic carbocycles. The quantitative estimate of drug-likeness (QED) is 0.474. The number of carbonyl (C=O) groups excluding carboxylic acids is 1. The van der Waals surface area contributed by atoms with Gasteiger partial charge in [0.05, 0.1) is 6.04 Å². The highest BCUT2D eigenvalue weighted by molar-refractivity contribution is 6.35. The van der Waals surface area contributed by atoms with Crippen LogP contribution in [-0.2, 0) is 20.7 Å². The lowest BCUT2D eigenvalue weighted by molar-refractivity contribution is -0.155. The highest BCUT2D eigenvalue weighted by Crippen LogP contribution is 2.27. The van der Waals surface area contributed by atoms with E-state index in [2.05, 4.69) is 5.32 Å². The lowest BCUT2D eigenvalue weighted by Gasteiger charge is -2.27. The largest absolute Gasteiger partial charge is 0.479 e. The molecule has 1 heterocycles. The summed E-state index contributed by atoms with van der Waals surface area (Å²) in [5, 5.41) is 32.9. The van der Waals surface area contributed by atoms with Gasteiger partial charge in [0.25, 0.3) is 0 Å². The highest BCUT2D eigenvalue weighted by atomic mass is 35.5. The summed E-state index contributed by atoms with van der Waals surface area (Å²) in [5.41, 5.74) is 2.42. The molecule has 1 fully saturated rings. The number of hydrogen-bond donors (Lipinski definition) is 4. The number of aliphatic carboxylic acids is 1. The van der Waals surface area contributed by atoms with E-state index >= 15 is 0 Å². The van der Waals surface area contributed by atoms with E-state index in [1.54, 1.807) is 30.3 Å². The molecule has 0 radical (unpaired) electrons. The molecule has 4 atom stereocenters. The van der Waals surface area contributed by atoms with Crippen LogP contribution < -0.4 is 5.32 Å². The van der Waals surface area contributed by atoms with Crippen molar-refractivity contribution in [2.24, 2.45) is 0 Å². The van der Waals surface area contributed by atoms with Gasteiger partial charge in [-0.1, -0.05) is 47.5 Å². The third-order valence-corrected chi connectivity index (χ3v) is 5.58. The number of hydrogen-bond acceptors (Lipinski definition) is 5. The molecule has 7 nitrogen and oxygen atoms in total. The molecule has 1 aliphatic rings. The fourth-order valence-corrected chi connectivity index (χ4v) is 4.02. The fraction of sp³-hybridized carbons (Fsp3) is 0.364. The Morgan fingerprint density at radius 1 is 1.06 bits per heavy atom. The molecule has 1 saturated heterocycles. The zero-order valence-corrected chi connectivity index (χ0v) is 18.0. The van der Waals surface area contributed by atoms with Crippen molar-refractivity contribution in [1.82, 2.24) is 5.32 Å². The Morgan fingerprint density at radius 3 is 2.26 bits per heavy atom. The van der Waals surface area contributed by atoms with E-state index in [0.29, 0.717) is 23.1 Å². The lowest BCUT2D eigenvalue weighted by atomic mass is 9.95. The van der Waals surface area contributed by atoms with Gasteiger partial charge in [-0.25, -0.2) is 4.79 Å². The van der Waals surface area contributed by atoms with E-state index in [9.17, 15) is 19.8 Å². The van der Waals surface area contributed by atoms with Gasteiger partial charge in [0.1, 0.15) is 12.2 Å². The Balaban J connectivity index is 1.77. The zero-order chi connectivity index (χ0) is 22.5. The molecule has 2 aromatic rings. The summed E-state index contributed by atoms with van der Waals surface area (Å²) < 4.78 is 5.34. The van der Waals surface area contributed by atoms with Gasteiger partial charge < -0.3 is 25.4 Å². The van der Waals surface area contributed by atoms with E-state index in [4.69, 9.17) is 33.0 Å². The number of benzene rings is 2. The molecule has 0 saturated carbocycles. The number of aliphatic hydroxyl groups is 2. The van der Waals surface area contributed by atoms with Crippen molar-refractivity contribution < 1.29 is 29.6 Å². The Kier molecular flexibility index (Phi) is 7.91. The van der Waals surface area contributed by atoms with Crippen molar-refractivity contribution in [2.45, 2.75) is 43.6 Å². The molecule has 1 amide bonds. The summed E-state index contributed by atoms with van der Waals surface area (Å²) in [7, 11) is 0. The molecule has 4 N–H and O–H groups in total. The molecular formula is C22H23Cl2NO6. The Bertz CT molecular complexity index is 910. The molecule has 0 aromatic heterocycles. The number of ether oxygens (including phenoxy) is 1. The molecule has 9 heteroatoms. The van der Waals surface area contributed by atoms with Crippen molar-refractivity contribution in [2.75, 3.05) is 6.61 Å². The average Bonchev–Trinajstić information content (AvgIpc) is 3.27. The summed E-state index contributed by atoms with van der Waals surface area (Å²) in [6.45, 7) is 0.470. The maximum atomic E-state index is 12.4.